The second-order valence-electron chi connectivity index (χ2n) is 4.08. The SMILES string of the molecule is CCc1ccc(C(=O)Nc2c(N)cnn2C)cc1. The van der Waals surface area contributed by atoms with Gasteiger partial charge in [0.25, 0.3) is 5.91 Å². The van der Waals surface area contributed by atoms with Crippen LogP contribution in [0.3, 0.4) is 0 Å². The zero-order valence-electron chi connectivity index (χ0n) is 10.5. The van der Waals surface area contributed by atoms with Crippen molar-refractivity contribution in [1.82, 2.24) is 9.78 Å². The number of carbonyl (C=O) groups excluding carboxylic acids is 1. The molecule has 0 saturated carbocycles. The van der Waals surface area contributed by atoms with Crippen LogP contribution in [-0.4, -0.2) is 15.7 Å². The average Bonchev–Trinajstić information content (AvgIpc) is 2.70. The van der Waals surface area contributed by atoms with Crippen LogP contribution in [0.1, 0.15) is 22.8 Å². The molecule has 94 valence electrons. The zero-order chi connectivity index (χ0) is 13.1. The molecule has 0 aliphatic rings. The Balaban J connectivity index is 2.17. The van der Waals surface area contributed by atoms with E-state index in [9.17, 15) is 4.79 Å². The summed E-state index contributed by atoms with van der Waals surface area (Å²) >= 11 is 0. The average molecular weight is 244 g/mol. The van der Waals surface area contributed by atoms with Gasteiger partial charge in [0.05, 0.1) is 11.9 Å². The van der Waals surface area contributed by atoms with Crippen LogP contribution in [0.2, 0.25) is 0 Å². The molecule has 0 atom stereocenters. The van der Waals surface area contributed by atoms with Crippen LogP contribution in [0.5, 0.6) is 0 Å². The Kier molecular flexibility index (Phi) is 3.32. The van der Waals surface area contributed by atoms with E-state index in [-0.39, 0.29) is 5.91 Å². The van der Waals surface area contributed by atoms with E-state index in [2.05, 4.69) is 17.3 Å². The number of hydrogen-bond donors (Lipinski definition) is 2. The molecule has 1 aromatic heterocycles. The summed E-state index contributed by atoms with van der Waals surface area (Å²) in [4.78, 5) is 12.0. The fraction of sp³-hybridized carbons (Fsp3) is 0.231. The van der Waals surface area contributed by atoms with Gasteiger partial charge in [-0.3, -0.25) is 9.48 Å². The molecule has 1 amide bonds. The third kappa shape index (κ3) is 2.34. The molecule has 0 aliphatic carbocycles. The largest absolute Gasteiger partial charge is 0.394 e. The van der Waals surface area contributed by atoms with Crippen LogP contribution in [0.25, 0.3) is 0 Å². The first-order valence-electron chi connectivity index (χ1n) is 5.79. The molecule has 0 fully saturated rings. The molecular formula is C13H16N4O. The summed E-state index contributed by atoms with van der Waals surface area (Å²) in [6, 6.07) is 7.50. The Hall–Kier alpha value is -2.30. The van der Waals surface area contributed by atoms with E-state index in [0.29, 0.717) is 17.1 Å². The minimum absolute atomic E-state index is 0.187. The first kappa shape index (κ1) is 12.2. The predicted octanol–water partition coefficient (Wildman–Crippen LogP) is 1.82. The third-order valence-corrected chi connectivity index (χ3v) is 2.82. The van der Waals surface area contributed by atoms with Gasteiger partial charge in [0.1, 0.15) is 0 Å². The van der Waals surface area contributed by atoms with Crippen molar-refractivity contribution < 1.29 is 4.79 Å². The number of amides is 1. The summed E-state index contributed by atoms with van der Waals surface area (Å²) in [7, 11) is 1.73. The third-order valence-electron chi connectivity index (χ3n) is 2.82. The Morgan fingerprint density at radius 3 is 2.56 bits per heavy atom. The number of benzene rings is 1. The number of nitrogens with two attached hydrogens (primary N) is 1. The van der Waals surface area contributed by atoms with Crippen LogP contribution in [0.15, 0.2) is 30.5 Å². The zero-order valence-corrected chi connectivity index (χ0v) is 10.5. The Morgan fingerprint density at radius 1 is 1.39 bits per heavy atom. The molecule has 0 aliphatic heterocycles. The van der Waals surface area contributed by atoms with Gasteiger partial charge in [-0.05, 0) is 24.1 Å². The Bertz CT molecular complexity index is 537. The lowest BCUT2D eigenvalue weighted by Gasteiger charge is -2.07. The normalized spacial score (nSPS) is 10.3. The van der Waals surface area contributed by atoms with Crippen molar-refractivity contribution in [2.75, 3.05) is 11.1 Å². The summed E-state index contributed by atoms with van der Waals surface area (Å²) in [5, 5.41) is 6.72. The number of nitrogens with zero attached hydrogens (tertiary/aromatic N) is 2. The van der Waals surface area contributed by atoms with Crippen molar-refractivity contribution in [3.63, 3.8) is 0 Å². The second kappa shape index (κ2) is 4.91. The van der Waals surface area contributed by atoms with Gasteiger partial charge in [0, 0.05) is 12.6 Å². The molecular weight excluding hydrogens is 228 g/mol. The molecule has 1 aromatic carbocycles. The van der Waals surface area contributed by atoms with Crippen LogP contribution in [-0.2, 0) is 13.5 Å². The van der Waals surface area contributed by atoms with Crippen LogP contribution >= 0.6 is 0 Å². The molecule has 5 heteroatoms. The highest BCUT2D eigenvalue weighted by Gasteiger charge is 2.11. The quantitative estimate of drug-likeness (QED) is 0.865. The van der Waals surface area contributed by atoms with E-state index in [1.165, 1.54) is 16.4 Å². The number of aromatic nitrogens is 2. The summed E-state index contributed by atoms with van der Waals surface area (Å²) in [5.41, 5.74) is 7.98. The molecule has 2 rings (SSSR count). The van der Waals surface area contributed by atoms with Crippen molar-refractivity contribution in [2.45, 2.75) is 13.3 Å². The van der Waals surface area contributed by atoms with Crippen LogP contribution in [0, 0.1) is 0 Å². The monoisotopic (exact) mass is 244 g/mol. The van der Waals surface area contributed by atoms with Crippen molar-refractivity contribution in [2.24, 2.45) is 7.05 Å². The van der Waals surface area contributed by atoms with Gasteiger partial charge >= 0.3 is 0 Å². The van der Waals surface area contributed by atoms with E-state index in [0.717, 1.165) is 6.42 Å². The minimum Gasteiger partial charge on any atom is -0.394 e. The Labute approximate surface area is 106 Å². The van der Waals surface area contributed by atoms with E-state index in [4.69, 9.17) is 5.73 Å². The lowest BCUT2D eigenvalue weighted by Crippen LogP contribution is -2.15. The topological polar surface area (TPSA) is 72.9 Å². The number of anilines is 2. The maximum absolute atomic E-state index is 12.0. The van der Waals surface area contributed by atoms with Gasteiger partial charge in [-0.25, -0.2) is 0 Å². The summed E-state index contributed by atoms with van der Waals surface area (Å²) in [6.07, 6.45) is 2.46. The lowest BCUT2D eigenvalue weighted by molar-refractivity contribution is 0.102. The number of nitrogen functional groups attached to an aromatic ring is 1. The second-order valence-corrected chi connectivity index (χ2v) is 4.08. The fourth-order valence-electron chi connectivity index (χ4n) is 1.68. The van der Waals surface area contributed by atoms with Gasteiger partial charge in [0.15, 0.2) is 5.82 Å². The molecule has 0 saturated heterocycles. The molecule has 0 unspecified atom stereocenters. The van der Waals surface area contributed by atoms with Gasteiger partial charge in [0.2, 0.25) is 0 Å². The lowest BCUT2D eigenvalue weighted by atomic mass is 10.1. The number of hydrogen-bond acceptors (Lipinski definition) is 3. The first-order chi connectivity index (χ1) is 8.61. The molecule has 0 radical (unpaired) electrons. The van der Waals surface area contributed by atoms with Gasteiger partial charge in [-0.2, -0.15) is 5.10 Å². The van der Waals surface area contributed by atoms with Gasteiger partial charge < -0.3 is 11.1 Å². The molecule has 18 heavy (non-hydrogen) atoms. The van der Waals surface area contributed by atoms with E-state index in [1.807, 2.05) is 12.1 Å². The number of rotatable bonds is 3. The summed E-state index contributed by atoms with van der Waals surface area (Å²) in [5.74, 6) is 0.326. The standard InChI is InChI=1S/C13H16N4O/c1-3-9-4-6-10(7-5-9)13(18)16-12-11(14)8-15-17(12)2/h4-8H,3,14H2,1-2H3,(H,16,18). The molecule has 3 N–H and O–H groups in total. The first-order valence-corrected chi connectivity index (χ1v) is 5.79. The van der Waals surface area contributed by atoms with E-state index < -0.39 is 0 Å². The number of nitrogens with one attached hydrogen (secondary N) is 1. The number of carbonyl (C=O) groups is 1. The highest BCUT2D eigenvalue weighted by atomic mass is 16.1. The summed E-state index contributed by atoms with van der Waals surface area (Å²) < 4.78 is 1.54. The van der Waals surface area contributed by atoms with Crippen molar-refractivity contribution >= 4 is 17.4 Å². The number of aryl methyl sites for hydroxylation is 2. The molecule has 0 spiro atoms. The van der Waals surface area contributed by atoms with Gasteiger partial charge in [-0.1, -0.05) is 19.1 Å². The Morgan fingerprint density at radius 2 is 2.06 bits per heavy atom. The highest BCUT2D eigenvalue weighted by molar-refractivity contribution is 6.05. The van der Waals surface area contributed by atoms with Crippen molar-refractivity contribution in [3.8, 4) is 0 Å². The van der Waals surface area contributed by atoms with E-state index in [1.54, 1.807) is 19.2 Å². The smallest absolute Gasteiger partial charge is 0.256 e. The van der Waals surface area contributed by atoms with Crippen molar-refractivity contribution in [1.29, 1.82) is 0 Å². The summed E-state index contributed by atoms with van der Waals surface area (Å²) in [6.45, 7) is 2.07. The van der Waals surface area contributed by atoms with Crippen LogP contribution < -0.4 is 11.1 Å². The highest BCUT2D eigenvalue weighted by Crippen LogP contribution is 2.17. The van der Waals surface area contributed by atoms with Crippen LogP contribution in [0.4, 0.5) is 11.5 Å². The molecule has 1 heterocycles. The minimum atomic E-state index is -0.187. The fourth-order valence-corrected chi connectivity index (χ4v) is 1.68. The molecule has 2 aromatic rings. The molecule has 0 bridgehead atoms. The molecule has 5 nitrogen and oxygen atoms in total. The maximum Gasteiger partial charge on any atom is 0.256 e. The van der Waals surface area contributed by atoms with E-state index >= 15 is 0 Å². The van der Waals surface area contributed by atoms with Gasteiger partial charge in [-0.15, -0.1) is 0 Å². The predicted molar refractivity (Wildman–Crippen MR) is 71.4 cm³/mol. The maximum atomic E-state index is 12.0. The van der Waals surface area contributed by atoms with Crippen molar-refractivity contribution in [3.05, 3.63) is 41.6 Å².